The second kappa shape index (κ2) is 3.14. The van der Waals surface area contributed by atoms with Gasteiger partial charge in [0.05, 0.1) is 0 Å². The average Bonchev–Trinajstić information content (AvgIpc) is 1.35. The van der Waals surface area contributed by atoms with Gasteiger partial charge in [-0.15, -0.1) is 0 Å². The molecule has 0 saturated heterocycles. The molecule has 0 aromatic heterocycles. The molecule has 0 saturated carbocycles. The molecule has 0 bridgehead atoms. The number of nitrogens with two attached hydrogens (primary N) is 1. The summed E-state index contributed by atoms with van der Waals surface area (Å²) in [4.78, 5) is 9.73. The van der Waals surface area contributed by atoms with Crippen molar-refractivity contribution in [1.29, 1.82) is 0 Å². The second-order valence-corrected chi connectivity index (χ2v) is 1.41. The summed E-state index contributed by atoms with van der Waals surface area (Å²) in [6, 6.07) is 0. The van der Waals surface area contributed by atoms with Crippen LogP contribution in [0.4, 0.5) is 0 Å². The normalized spacial score (nSPS) is 9.50. The Morgan fingerprint density at radius 3 is 2.33 bits per heavy atom. The van der Waals surface area contributed by atoms with Crippen LogP contribution < -0.4 is 5.73 Å². The highest BCUT2D eigenvalue weighted by molar-refractivity contribution is 14.1. The first kappa shape index (κ1) is 5.94. The van der Waals surface area contributed by atoms with E-state index in [0.717, 1.165) is 0 Å². The molecule has 0 aromatic rings. The van der Waals surface area contributed by atoms with Crippen molar-refractivity contribution < 1.29 is 4.79 Å². The number of rotatable bonds is 1. The maximum Gasteiger partial charge on any atom is 0.241 e. The van der Waals surface area contributed by atoms with E-state index < -0.39 is 5.91 Å². The molecular weight excluding hydrogens is 193 g/mol. The van der Waals surface area contributed by atoms with Crippen molar-refractivity contribution in [3.63, 3.8) is 0 Å². The van der Waals surface area contributed by atoms with E-state index in [0.29, 0.717) is 0 Å². The molecule has 34 valence electrons. The van der Waals surface area contributed by atoms with Crippen molar-refractivity contribution in [1.82, 2.24) is 0 Å². The third-order valence-corrected chi connectivity index (χ3v) is 0.587. The number of amides is 1. The van der Waals surface area contributed by atoms with E-state index in [4.69, 9.17) is 0 Å². The molecule has 1 amide bonds. The van der Waals surface area contributed by atoms with E-state index in [1.54, 1.807) is 4.08 Å². The molecule has 0 atom stereocenters. The van der Waals surface area contributed by atoms with Crippen LogP contribution >= 0.6 is 22.6 Å². The zero-order valence-electron chi connectivity index (χ0n) is 3.02. The summed E-state index contributed by atoms with van der Waals surface area (Å²) in [5, 5.41) is 0. The Hall–Kier alpha value is -0.0600. The van der Waals surface area contributed by atoms with E-state index in [-0.39, 0.29) is 0 Å². The third kappa shape index (κ3) is 3.94. The lowest BCUT2D eigenvalue weighted by Crippen LogP contribution is -2.04. The van der Waals surface area contributed by atoms with Gasteiger partial charge in [-0.1, -0.05) is 22.6 Å². The fourth-order valence-electron chi connectivity index (χ4n) is 0.0621. The summed E-state index contributed by atoms with van der Waals surface area (Å²) >= 11 is 1.92. The zero-order chi connectivity index (χ0) is 4.99. The van der Waals surface area contributed by atoms with Gasteiger partial charge in [0.2, 0.25) is 5.91 Å². The Morgan fingerprint density at radius 1 is 1.83 bits per heavy atom. The molecule has 0 aliphatic rings. The highest BCUT2D eigenvalue weighted by Crippen LogP contribution is 1.79. The van der Waals surface area contributed by atoms with Crippen molar-refractivity contribution in [2.45, 2.75) is 0 Å². The maximum atomic E-state index is 9.73. The van der Waals surface area contributed by atoms with Crippen LogP contribution in [-0.2, 0) is 4.79 Å². The van der Waals surface area contributed by atoms with Gasteiger partial charge in [0.15, 0.2) is 0 Å². The number of primary amides is 1. The number of carbonyl (C=O) groups is 1. The molecule has 6 heavy (non-hydrogen) atoms. The van der Waals surface area contributed by atoms with E-state index in [9.17, 15) is 4.79 Å². The fraction of sp³-hybridized carbons (Fsp3) is 0. The van der Waals surface area contributed by atoms with Crippen LogP contribution in [0.15, 0.2) is 10.2 Å². The summed E-state index contributed by atoms with van der Waals surface area (Å²) < 4.78 is 1.57. The predicted octanol–water partition coefficient (Wildman–Crippen LogP) is 0.420. The largest absolute Gasteiger partial charge is 0.366 e. The van der Waals surface area contributed by atoms with Crippen molar-refractivity contribution in [2.24, 2.45) is 5.73 Å². The van der Waals surface area contributed by atoms with Gasteiger partial charge in [-0.05, 0) is 4.08 Å². The molecule has 0 spiro atoms. The topological polar surface area (TPSA) is 43.1 Å². The quantitative estimate of drug-likeness (QED) is 0.480. The van der Waals surface area contributed by atoms with E-state index in [1.165, 1.54) is 6.08 Å². The SMILES string of the molecule is NC(=O)/C=C/I. The van der Waals surface area contributed by atoms with Gasteiger partial charge < -0.3 is 5.73 Å². The molecule has 0 aliphatic heterocycles. The Balaban J connectivity index is 3.30. The summed E-state index contributed by atoms with van der Waals surface area (Å²) in [6.07, 6.45) is 1.29. The molecule has 0 rings (SSSR count). The minimum absolute atomic E-state index is 0.399. The molecule has 3 heteroatoms. The average molecular weight is 197 g/mol. The van der Waals surface area contributed by atoms with Gasteiger partial charge >= 0.3 is 0 Å². The first-order chi connectivity index (χ1) is 2.77. The fourth-order valence-corrected chi connectivity index (χ4v) is 0.416. The second-order valence-electron chi connectivity index (χ2n) is 0.695. The smallest absolute Gasteiger partial charge is 0.241 e. The molecule has 0 aromatic carbocycles. The van der Waals surface area contributed by atoms with E-state index in [1.807, 2.05) is 22.6 Å². The summed E-state index contributed by atoms with van der Waals surface area (Å²) in [5.74, 6) is -0.399. The Labute approximate surface area is 49.5 Å². The van der Waals surface area contributed by atoms with Crippen molar-refractivity contribution in [3.05, 3.63) is 10.2 Å². The van der Waals surface area contributed by atoms with Crippen molar-refractivity contribution >= 4 is 28.5 Å². The van der Waals surface area contributed by atoms with Gasteiger partial charge in [-0.3, -0.25) is 4.79 Å². The van der Waals surface area contributed by atoms with E-state index in [2.05, 4.69) is 5.73 Å². The van der Waals surface area contributed by atoms with Crippen molar-refractivity contribution in [3.8, 4) is 0 Å². The Morgan fingerprint density at radius 2 is 2.33 bits per heavy atom. The minimum atomic E-state index is -0.399. The van der Waals surface area contributed by atoms with Crippen LogP contribution in [0.5, 0.6) is 0 Å². The third-order valence-electron chi connectivity index (χ3n) is 0.227. The summed E-state index contributed by atoms with van der Waals surface area (Å²) in [7, 11) is 0. The molecule has 0 radical (unpaired) electrons. The molecular formula is C3H4INO. The molecule has 0 heterocycles. The Bertz CT molecular complexity index is 78.9. The van der Waals surface area contributed by atoms with Gasteiger partial charge in [-0.25, -0.2) is 0 Å². The zero-order valence-corrected chi connectivity index (χ0v) is 5.18. The maximum absolute atomic E-state index is 9.73. The van der Waals surface area contributed by atoms with Crippen molar-refractivity contribution in [2.75, 3.05) is 0 Å². The molecule has 0 aliphatic carbocycles. The number of halogens is 1. The van der Waals surface area contributed by atoms with Gasteiger partial charge in [0.1, 0.15) is 0 Å². The number of hydrogen-bond donors (Lipinski definition) is 1. The lowest BCUT2D eigenvalue weighted by atomic mass is 10.6. The number of hydrogen-bond acceptors (Lipinski definition) is 1. The van der Waals surface area contributed by atoms with Gasteiger partial charge in [0.25, 0.3) is 0 Å². The predicted molar refractivity (Wildman–Crippen MR) is 32.4 cm³/mol. The lowest BCUT2D eigenvalue weighted by Gasteiger charge is -1.69. The number of carbonyl (C=O) groups excluding carboxylic acids is 1. The summed E-state index contributed by atoms with van der Waals surface area (Å²) in [6.45, 7) is 0. The Kier molecular flexibility index (Phi) is 3.11. The molecule has 0 unspecified atom stereocenters. The molecule has 2 N–H and O–H groups in total. The summed E-state index contributed by atoms with van der Waals surface area (Å²) in [5.41, 5.74) is 4.67. The highest BCUT2D eigenvalue weighted by Gasteiger charge is 1.74. The minimum Gasteiger partial charge on any atom is -0.366 e. The molecule has 0 fully saturated rings. The molecule has 2 nitrogen and oxygen atoms in total. The monoisotopic (exact) mass is 197 g/mol. The van der Waals surface area contributed by atoms with Crippen LogP contribution in [0.1, 0.15) is 0 Å². The van der Waals surface area contributed by atoms with Crippen LogP contribution in [0, 0.1) is 0 Å². The first-order valence-corrected chi connectivity index (χ1v) is 2.58. The lowest BCUT2D eigenvalue weighted by molar-refractivity contribution is -0.113. The van der Waals surface area contributed by atoms with Crippen LogP contribution in [0.25, 0.3) is 0 Å². The van der Waals surface area contributed by atoms with Gasteiger partial charge in [-0.2, -0.15) is 0 Å². The standard InChI is InChI=1S/C3H4INO/c4-2-1-3(5)6/h1-2H,(H2,5,6)/b2-1+. The highest BCUT2D eigenvalue weighted by atomic mass is 127. The van der Waals surface area contributed by atoms with E-state index >= 15 is 0 Å². The van der Waals surface area contributed by atoms with Crippen LogP contribution in [0.2, 0.25) is 0 Å². The van der Waals surface area contributed by atoms with Gasteiger partial charge in [0, 0.05) is 6.08 Å². The first-order valence-electron chi connectivity index (χ1n) is 1.33. The van der Waals surface area contributed by atoms with Crippen LogP contribution in [0.3, 0.4) is 0 Å². The van der Waals surface area contributed by atoms with Crippen LogP contribution in [-0.4, -0.2) is 5.91 Å².